The van der Waals surface area contributed by atoms with E-state index in [1.165, 1.54) is 10.6 Å². The van der Waals surface area contributed by atoms with E-state index in [-0.39, 0.29) is 17.8 Å². The van der Waals surface area contributed by atoms with E-state index < -0.39 is 5.97 Å². The van der Waals surface area contributed by atoms with E-state index in [0.717, 1.165) is 0 Å². The average Bonchev–Trinajstić information content (AvgIpc) is 2.28. The number of anilines is 1. The molecular formula is C10H9N3O3. The minimum atomic E-state index is -1.03. The van der Waals surface area contributed by atoms with E-state index in [0.29, 0.717) is 5.65 Å². The zero-order chi connectivity index (χ0) is 11.5. The summed E-state index contributed by atoms with van der Waals surface area (Å²) >= 11 is 0. The smallest absolute Gasteiger partial charge is 0.322 e. The van der Waals surface area contributed by atoms with Crippen LogP contribution in [0, 0.1) is 0 Å². The van der Waals surface area contributed by atoms with Gasteiger partial charge >= 0.3 is 5.97 Å². The summed E-state index contributed by atoms with van der Waals surface area (Å²) in [6.07, 6.45) is 2.91. The Morgan fingerprint density at radius 2 is 2.31 bits per heavy atom. The third-order valence-electron chi connectivity index (χ3n) is 2.04. The number of hydrogen-bond donors (Lipinski definition) is 2. The first-order valence-corrected chi connectivity index (χ1v) is 4.60. The summed E-state index contributed by atoms with van der Waals surface area (Å²) in [5.74, 6) is -1.03. The summed E-state index contributed by atoms with van der Waals surface area (Å²) in [4.78, 5) is 26.2. The van der Waals surface area contributed by atoms with Gasteiger partial charge in [0.25, 0.3) is 5.56 Å². The standard InChI is InChI=1S/C10H9N3O3/c14-9(15)6-11-7-5-12-8-3-1-2-4-13(8)10(7)16/h1-5,11H,6H2,(H,14,15). The van der Waals surface area contributed by atoms with Crippen LogP contribution in [-0.4, -0.2) is 27.0 Å². The number of pyridine rings is 1. The van der Waals surface area contributed by atoms with Crippen molar-refractivity contribution in [2.24, 2.45) is 0 Å². The first-order valence-electron chi connectivity index (χ1n) is 4.60. The molecule has 6 nitrogen and oxygen atoms in total. The first-order chi connectivity index (χ1) is 7.68. The SMILES string of the molecule is O=C(O)CNc1cnc2ccccn2c1=O. The molecule has 0 aliphatic carbocycles. The number of carboxylic acid groups (broad SMARTS) is 1. The maximum Gasteiger partial charge on any atom is 0.322 e. The molecule has 0 aliphatic rings. The molecule has 2 N–H and O–H groups in total. The van der Waals surface area contributed by atoms with Crippen LogP contribution in [-0.2, 0) is 4.79 Å². The Hall–Kier alpha value is -2.37. The molecule has 0 bridgehead atoms. The van der Waals surface area contributed by atoms with Gasteiger partial charge in [-0.1, -0.05) is 6.07 Å². The molecule has 2 rings (SSSR count). The fraction of sp³-hybridized carbons (Fsp3) is 0.100. The van der Waals surface area contributed by atoms with Crippen LogP contribution in [0.3, 0.4) is 0 Å². The number of hydrogen-bond acceptors (Lipinski definition) is 4. The Bertz CT molecular complexity index is 591. The van der Waals surface area contributed by atoms with E-state index in [9.17, 15) is 9.59 Å². The largest absolute Gasteiger partial charge is 0.480 e. The Balaban J connectivity index is 2.45. The van der Waals surface area contributed by atoms with Crippen LogP contribution < -0.4 is 10.9 Å². The number of fused-ring (bicyclic) bond motifs is 1. The maximum absolute atomic E-state index is 11.8. The van der Waals surface area contributed by atoms with Gasteiger partial charge in [0, 0.05) is 6.20 Å². The number of aromatic nitrogens is 2. The second-order valence-corrected chi connectivity index (χ2v) is 3.15. The predicted molar refractivity (Wildman–Crippen MR) is 57.6 cm³/mol. The van der Waals surface area contributed by atoms with Crippen molar-refractivity contribution in [3.8, 4) is 0 Å². The molecule has 0 aliphatic heterocycles. The lowest BCUT2D eigenvalue weighted by Crippen LogP contribution is -2.22. The van der Waals surface area contributed by atoms with Gasteiger partial charge in [-0.2, -0.15) is 0 Å². The van der Waals surface area contributed by atoms with Crippen molar-refractivity contribution >= 4 is 17.3 Å². The van der Waals surface area contributed by atoms with Gasteiger partial charge in [0.05, 0.1) is 6.20 Å². The Labute approximate surface area is 90.2 Å². The molecule has 2 aromatic rings. The highest BCUT2D eigenvalue weighted by Gasteiger charge is 2.04. The summed E-state index contributed by atoms with van der Waals surface area (Å²) < 4.78 is 1.35. The van der Waals surface area contributed by atoms with Gasteiger partial charge in [-0.25, -0.2) is 4.98 Å². The second-order valence-electron chi connectivity index (χ2n) is 3.15. The Kier molecular flexibility index (Phi) is 2.55. The molecule has 0 saturated carbocycles. The van der Waals surface area contributed by atoms with Gasteiger partial charge in [-0.15, -0.1) is 0 Å². The Morgan fingerprint density at radius 1 is 1.50 bits per heavy atom. The molecule has 0 fully saturated rings. The number of rotatable bonds is 3. The third kappa shape index (κ3) is 1.85. The topological polar surface area (TPSA) is 83.7 Å². The van der Waals surface area contributed by atoms with Crippen molar-refractivity contribution in [1.82, 2.24) is 9.38 Å². The molecule has 82 valence electrons. The van der Waals surface area contributed by atoms with E-state index in [1.807, 2.05) is 0 Å². The van der Waals surface area contributed by atoms with Crippen LogP contribution in [0.25, 0.3) is 5.65 Å². The minimum Gasteiger partial charge on any atom is -0.480 e. The lowest BCUT2D eigenvalue weighted by Gasteiger charge is -2.04. The number of carbonyl (C=O) groups is 1. The van der Waals surface area contributed by atoms with Crippen LogP contribution in [0.1, 0.15) is 0 Å². The van der Waals surface area contributed by atoms with Gasteiger partial charge in [0.2, 0.25) is 0 Å². The highest BCUT2D eigenvalue weighted by molar-refractivity contribution is 5.72. The fourth-order valence-corrected chi connectivity index (χ4v) is 1.32. The van der Waals surface area contributed by atoms with Crippen LogP contribution in [0.4, 0.5) is 5.69 Å². The molecule has 0 amide bonds. The van der Waals surface area contributed by atoms with E-state index >= 15 is 0 Å². The van der Waals surface area contributed by atoms with Crippen molar-refractivity contribution in [1.29, 1.82) is 0 Å². The zero-order valence-corrected chi connectivity index (χ0v) is 8.25. The summed E-state index contributed by atoms with van der Waals surface area (Å²) in [6.45, 7) is -0.310. The van der Waals surface area contributed by atoms with Crippen molar-refractivity contribution in [2.75, 3.05) is 11.9 Å². The van der Waals surface area contributed by atoms with Crippen molar-refractivity contribution in [2.45, 2.75) is 0 Å². The van der Waals surface area contributed by atoms with Crippen LogP contribution >= 0.6 is 0 Å². The van der Waals surface area contributed by atoms with Crippen LogP contribution in [0.15, 0.2) is 35.4 Å². The summed E-state index contributed by atoms with van der Waals surface area (Å²) in [7, 11) is 0. The van der Waals surface area contributed by atoms with Gasteiger partial charge < -0.3 is 10.4 Å². The lowest BCUT2D eigenvalue weighted by atomic mass is 10.4. The molecule has 0 aromatic carbocycles. The number of carboxylic acids is 1. The molecule has 0 saturated heterocycles. The molecule has 0 radical (unpaired) electrons. The zero-order valence-electron chi connectivity index (χ0n) is 8.25. The highest BCUT2D eigenvalue weighted by atomic mass is 16.4. The average molecular weight is 219 g/mol. The van der Waals surface area contributed by atoms with Gasteiger partial charge in [-0.05, 0) is 12.1 Å². The summed E-state index contributed by atoms with van der Waals surface area (Å²) in [5.41, 5.74) is 0.381. The van der Waals surface area contributed by atoms with E-state index in [2.05, 4.69) is 10.3 Å². The van der Waals surface area contributed by atoms with Gasteiger partial charge in [0.15, 0.2) is 0 Å². The number of nitrogens with one attached hydrogen (secondary N) is 1. The van der Waals surface area contributed by atoms with E-state index in [1.54, 1.807) is 24.4 Å². The van der Waals surface area contributed by atoms with Crippen molar-refractivity contribution in [3.63, 3.8) is 0 Å². The quantitative estimate of drug-likeness (QED) is 0.769. The summed E-state index contributed by atoms with van der Waals surface area (Å²) in [5, 5.41) is 11.0. The second kappa shape index (κ2) is 4.01. The van der Waals surface area contributed by atoms with Crippen LogP contribution in [0.5, 0.6) is 0 Å². The number of aliphatic carboxylic acids is 1. The molecule has 2 heterocycles. The molecule has 0 unspecified atom stereocenters. The lowest BCUT2D eigenvalue weighted by molar-refractivity contribution is -0.134. The fourth-order valence-electron chi connectivity index (χ4n) is 1.32. The van der Waals surface area contributed by atoms with E-state index in [4.69, 9.17) is 5.11 Å². The number of nitrogens with zero attached hydrogens (tertiary/aromatic N) is 2. The maximum atomic E-state index is 11.8. The summed E-state index contributed by atoms with van der Waals surface area (Å²) in [6, 6.07) is 5.17. The predicted octanol–water partition coefficient (Wildman–Crippen LogP) is 0.191. The molecule has 0 spiro atoms. The molecule has 16 heavy (non-hydrogen) atoms. The third-order valence-corrected chi connectivity index (χ3v) is 2.04. The monoisotopic (exact) mass is 219 g/mol. The van der Waals surface area contributed by atoms with Gasteiger partial charge in [0.1, 0.15) is 17.9 Å². The van der Waals surface area contributed by atoms with Crippen molar-refractivity contribution < 1.29 is 9.90 Å². The molecule has 0 atom stereocenters. The minimum absolute atomic E-state index is 0.172. The first kappa shape index (κ1) is 10.2. The van der Waals surface area contributed by atoms with Crippen molar-refractivity contribution in [3.05, 3.63) is 40.9 Å². The van der Waals surface area contributed by atoms with Gasteiger partial charge in [-0.3, -0.25) is 14.0 Å². The molecule has 2 aromatic heterocycles. The highest BCUT2D eigenvalue weighted by Crippen LogP contribution is 2.00. The molecular weight excluding hydrogens is 210 g/mol. The molecule has 6 heteroatoms. The normalized spacial score (nSPS) is 10.2. The Morgan fingerprint density at radius 3 is 3.06 bits per heavy atom. The van der Waals surface area contributed by atoms with Crippen LogP contribution in [0.2, 0.25) is 0 Å².